The molecule has 2 rings (SSSR count). The molecule has 1 heterocycles. The van der Waals surface area contributed by atoms with Crippen molar-refractivity contribution in [3.63, 3.8) is 0 Å². The summed E-state index contributed by atoms with van der Waals surface area (Å²) in [4.78, 5) is 14.3. The van der Waals surface area contributed by atoms with E-state index in [2.05, 4.69) is 20.3 Å². The minimum atomic E-state index is -4.36. The number of rotatable bonds is 7. The lowest BCUT2D eigenvalue weighted by Gasteiger charge is -2.14. The molecule has 0 saturated heterocycles. The van der Waals surface area contributed by atoms with Gasteiger partial charge in [-0.2, -0.15) is 23.4 Å². The normalized spacial score (nSPS) is 10.6. The third-order valence-corrected chi connectivity index (χ3v) is 4.00. The minimum absolute atomic E-state index is 0.181. The molecule has 0 spiro atoms. The van der Waals surface area contributed by atoms with Crippen molar-refractivity contribution in [1.29, 1.82) is 0 Å². The Morgan fingerprint density at radius 1 is 1.14 bits per heavy atom. The second-order valence-electron chi connectivity index (χ2n) is 5.46. The predicted octanol–water partition coefficient (Wildman–Crippen LogP) is -0.185. The van der Waals surface area contributed by atoms with E-state index in [1.807, 2.05) is 0 Å². The van der Waals surface area contributed by atoms with Crippen molar-refractivity contribution in [3.05, 3.63) is 30.1 Å². The van der Waals surface area contributed by atoms with Gasteiger partial charge in [-0.3, -0.25) is 4.55 Å². The zero-order chi connectivity index (χ0) is 21.3. The molecular weight excluding hydrogens is 412 g/mol. The molecular formula is C14H20N6O6S2. The topological polar surface area (TPSA) is 186 Å². The van der Waals surface area contributed by atoms with Crippen LogP contribution in [-0.2, 0) is 27.1 Å². The van der Waals surface area contributed by atoms with Crippen LogP contribution < -0.4 is 16.0 Å². The molecule has 0 aliphatic heterocycles. The van der Waals surface area contributed by atoms with Crippen molar-refractivity contribution >= 4 is 38.3 Å². The molecule has 0 saturated carbocycles. The smallest absolute Gasteiger partial charge is 0.347 e. The van der Waals surface area contributed by atoms with Gasteiger partial charge in [-0.05, 0) is 25.1 Å². The Labute approximate surface area is 163 Å². The molecule has 0 amide bonds. The predicted molar refractivity (Wildman–Crippen MR) is 101 cm³/mol. The zero-order valence-electron chi connectivity index (χ0n) is 15.1. The molecule has 2 aromatic rings. The molecule has 0 aliphatic carbocycles. The van der Waals surface area contributed by atoms with Gasteiger partial charge in [0, 0.05) is 20.5 Å². The summed E-state index contributed by atoms with van der Waals surface area (Å²) >= 11 is 0. The van der Waals surface area contributed by atoms with Crippen LogP contribution in [0.3, 0.4) is 0 Å². The molecule has 154 valence electrons. The summed E-state index contributed by atoms with van der Waals surface area (Å²) in [6.07, 6.45) is 1.30. The van der Waals surface area contributed by atoms with Crippen LogP contribution in [0.1, 0.15) is 12.2 Å². The van der Waals surface area contributed by atoms with E-state index in [0.717, 1.165) is 6.42 Å². The first-order valence-corrected chi connectivity index (χ1v) is 10.2. The summed E-state index contributed by atoms with van der Waals surface area (Å²) in [5.74, 6) is 1.17. The van der Waals surface area contributed by atoms with Crippen LogP contribution >= 0.6 is 0 Å². The summed E-state index contributed by atoms with van der Waals surface area (Å²) in [7, 11) is -3.90. The maximum Gasteiger partial charge on any atom is 0.425 e. The summed E-state index contributed by atoms with van der Waals surface area (Å²) in [5, 5.41) is 2.83. The average Bonchev–Trinajstić information content (AvgIpc) is 2.59. The Bertz CT molecular complexity index is 1000. The Morgan fingerprint density at radius 2 is 1.75 bits per heavy atom. The van der Waals surface area contributed by atoms with Crippen LogP contribution in [0.25, 0.3) is 0 Å². The number of hydrogen-bond donors (Lipinski definition) is 3. The van der Waals surface area contributed by atoms with E-state index >= 15 is 0 Å². The van der Waals surface area contributed by atoms with Crippen molar-refractivity contribution in [1.82, 2.24) is 15.0 Å². The Morgan fingerprint density at radius 3 is 2.29 bits per heavy atom. The lowest BCUT2D eigenvalue weighted by Crippen LogP contribution is -2.17. The van der Waals surface area contributed by atoms with Crippen LogP contribution in [0.15, 0.2) is 29.2 Å². The van der Waals surface area contributed by atoms with Gasteiger partial charge in [0.1, 0.15) is 10.7 Å². The number of nitrogens with one attached hydrogen (secondary N) is 1. The first kappa shape index (κ1) is 23.4. The minimum Gasteiger partial charge on any atom is -0.347 e. The zero-order valence-corrected chi connectivity index (χ0v) is 16.7. The molecule has 0 fully saturated rings. The summed E-state index contributed by atoms with van der Waals surface area (Å²) in [6.45, 7) is 0.511. The second-order valence-corrected chi connectivity index (χ2v) is 7.26. The van der Waals surface area contributed by atoms with Crippen LogP contribution in [0.5, 0.6) is 0 Å². The molecule has 0 aliphatic rings. The Hall–Kier alpha value is -2.68. The first-order valence-electron chi connectivity index (χ1n) is 7.77. The van der Waals surface area contributed by atoms with Gasteiger partial charge in [0.2, 0.25) is 11.9 Å². The SMILES string of the molecule is CN(C)c1nc(CCCN)nc(Nc2ccccc2S(=O)(=O)O)n1.O=S(=O)=O. The van der Waals surface area contributed by atoms with Crippen molar-refractivity contribution in [2.75, 3.05) is 30.9 Å². The number of para-hydroxylation sites is 1. The molecule has 28 heavy (non-hydrogen) atoms. The molecule has 14 heteroatoms. The first-order chi connectivity index (χ1) is 13.0. The average molecular weight is 432 g/mol. The highest BCUT2D eigenvalue weighted by Crippen LogP contribution is 2.23. The number of nitrogens with two attached hydrogens (primary N) is 1. The molecule has 0 radical (unpaired) electrons. The fourth-order valence-corrected chi connectivity index (χ4v) is 2.60. The van der Waals surface area contributed by atoms with Gasteiger partial charge in [-0.1, -0.05) is 12.1 Å². The van der Waals surface area contributed by atoms with Gasteiger partial charge in [0.25, 0.3) is 10.1 Å². The van der Waals surface area contributed by atoms with E-state index in [9.17, 15) is 13.0 Å². The monoisotopic (exact) mass is 432 g/mol. The molecule has 0 bridgehead atoms. The van der Waals surface area contributed by atoms with E-state index < -0.39 is 20.7 Å². The molecule has 1 aromatic carbocycles. The number of anilines is 3. The van der Waals surface area contributed by atoms with Crippen LogP contribution in [-0.4, -0.2) is 61.2 Å². The largest absolute Gasteiger partial charge is 0.425 e. The molecule has 0 atom stereocenters. The highest BCUT2D eigenvalue weighted by atomic mass is 32.2. The van der Waals surface area contributed by atoms with Crippen molar-refractivity contribution in [2.24, 2.45) is 5.73 Å². The summed E-state index contributed by atoms with van der Waals surface area (Å²) < 4.78 is 57.6. The third kappa shape index (κ3) is 7.91. The van der Waals surface area contributed by atoms with Crippen molar-refractivity contribution in [2.45, 2.75) is 17.7 Å². The maximum atomic E-state index is 11.5. The molecule has 1 aromatic heterocycles. The fraction of sp³-hybridized carbons (Fsp3) is 0.357. The van der Waals surface area contributed by atoms with E-state index in [-0.39, 0.29) is 16.5 Å². The van der Waals surface area contributed by atoms with E-state index in [1.165, 1.54) is 18.2 Å². The van der Waals surface area contributed by atoms with Gasteiger partial charge in [-0.25, -0.2) is 0 Å². The second kappa shape index (κ2) is 10.6. The van der Waals surface area contributed by atoms with E-state index in [1.54, 1.807) is 25.1 Å². The number of aryl methyl sites for hydroxylation is 1. The lowest BCUT2D eigenvalue weighted by atomic mass is 10.3. The lowest BCUT2D eigenvalue weighted by molar-refractivity contribution is 0.483. The number of aromatic nitrogens is 3. The number of nitrogens with zero attached hydrogens (tertiary/aromatic N) is 4. The highest BCUT2D eigenvalue weighted by Gasteiger charge is 2.16. The van der Waals surface area contributed by atoms with Gasteiger partial charge < -0.3 is 16.0 Å². The van der Waals surface area contributed by atoms with Gasteiger partial charge in [0.15, 0.2) is 0 Å². The number of hydrogen-bond acceptors (Lipinski definition) is 11. The molecule has 4 N–H and O–H groups in total. The quantitative estimate of drug-likeness (QED) is 0.490. The standard InChI is InChI=1S/C14H20N6O3S.O3S/c1-20(2)14-18-12(8-5-9-15)17-13(19-14)16-10-6-3-4-7-11(10)24(21,22)23;1-4(2)3/h3-4,6-7H,5,8-9,15H2,1-2H3,(H,21,22,23)(H,16,17,18,19);. The Kier molecular flexibility index (Phi) is 8.84. The molecule has 0 unspecified atom stereocenters. The van der Waals surface area contributed by atoms with Gasteiger partial charge >= 0.3 is 10.6 Å². The van der Waals surface area contributed by atoms with Crippen LogP contribution in [0.4, 0.5) is 17.6 Å². The number of benzene rings is 1. The Balaban J connectivity index is 0.000000892. The fourth-order valence-electron chi connectivity index (χ4n) is 1.95. The summed E-state index contributed by atoms with van der Waals surface area (Å²) in [5.41, 5.74) is 5.69. The highest BCUT2D eigenvalue weighted by molar-refractivity contribution is 7.86. The van der Waals surface area contributed by atoms with Gasteiger partial charge in [0.05, 0.1) is 5.69 Å². The van der Waals surface area contributed by atoms with Crippen LogP contribution in [0, 0.1) is 0 Å². The van der Waals surface area contributed by atoms with E-state index in [0.29, 0.717) is 24.7 Å². The van der Waals surface area contributed by atoms with Crippen molar-refractivity contribution in [3.8, 4) is 0 Å². The molecule has 12 nitrogen and oxygen atoms in total. The summed E-state index contributed by atoms with van der Waals surface area (Å²) in [6, 6.07) is 5.96. The third-order valence-electron chi connectivity index (χ3n) is 3.09. The van der Waals surface area contributed by atoms with Crippen molar-refractivity contribution < 1.29 is 25.6 Å². The van der Waals surface area contributed by atoms with Gasteiger partial charge in [-0.15, -0.1) is 12.6 Å². The van der Waals surface area contributed by atoms with Crippen LogP contribution in [0.2, 0.25) is 0 Å². The maximum absolute atomic E-state index is 11.5. The van der Waals surface area contributed by atoms with E-state index in [4.69, 9.17) is 18.4 Å².